The van der Waals surface area contributed by atoms with Crippen molar-refractivity contribution in [1.82, 2.24) is 19.8 Å². The Hall–Kier alpha value is -4.19. The van der Waals surface area contributed by atoms with Gasteiger partial charge in [-0.25, -0.2) is 14.2 Å². The Morgan fingerprint density at radius 2 is 1.82 bits per heavy atom. The summed E-state index contributed by atoms with van der Waals surface area (Å²) in [5.74, 6) is -0.842. The maximum atomic E-state index is 13.6. The van der Waals surface area contributed by atoms with Gasteiger partial charge in [-0.3, -0.25) is 14.2 Å². The Morgan fingerprint density at radius 3 is 2.44 bits per heavy atom. The van der Waals surface area contributed by atoms with Crippen molar-refractivity contribution in [1.29, 1.82) is 0 Å². The zero-order chi connectivity index (χ0) is 33.1. The second-order valence-corrected chi connectivity index (χ2v) is 11.1. The highest BCUT2D eigenvalue weighted by Crippen LogP contribution is 2.19. The van der Waals surface area contributed by atoms with Gasteiger partial charge in [0.25, 0.3) is 11.5 Å². The molecule has 0 bridgehead atoms. The maximum absolute atomic E-state index is 13.6. The van der Waals surface area contributed by atoms with Crippen LogP contribution >= 0.6 is 11.6 Å². The predicted molar refractivity (Wildman–Crippen MR) is 175 cm³/mol. The molecular weight excluding hydrogens is 600 g/mol. The van der Waals surface area contributed by atoms with Crippen LogP contribution in [-0.2, 0) is 27.8 Å². The van der Waals surface area contributed by atoms with E-state index in [4.69, 9.17) is 21.1 Å². The zero-order valence-corrected chi connectivity index (χ0v) is 27.0. The van der Waals surface area contributed by atoms with Crippen molar-refractivity contribution in [3.63, 3.8) is 0 Å². The molecule has 1 amide bonds. The average Bonchev–Trinajstić information content (AvgIpc) is 3.01. The molecule has 1 atom stereocenters. The number of esters is 1. The highest BCUT2D eigenvalue weighted by Gasteiger charge is 2.26. The minimum absolute atomic E-state index is 0.0393. The smallest absolute Gasteiger partial charge is 0.335 e. The van der Waals surface area contributed by atoms with E-state index in [0.717, 1.165) is 17.5 Å². The first kappa shape index (κ1) is 35.3. The lowest BCUT2D eigenvalue weighted by Crippen LogP contribution is -2.45. The number of aryl methyl sites for hydroxylation is 1. The number of nitrogens with zero attached hydrogens (tertiary/aromatic N) is 2. The van der Waals surface area contributed by atoms with Crippen molar-refractivity contribution in [3.05, 3.63) is 91.6 Å². The first-order valence-electron chi connectivity index (χ1n) is 14.8. The van der Waals surface area contributed by atoms with Crippen LogP contribution in [0, 0.1) is 0 Å². The number of fused-ring (bicyclic) bond motifs is 1. The molecule has 0 spiro atoms. The summed E-state index contributed by atoms with van der Waals surface area (Å²) >= 11 is 6.21. The molecule has 1 aromatic heterocycles. The summed E-state index contributed by atoms with van der Waals surface area (Å²) < 4.78 is 13.6. The largest absolute Gasteiger partial charge is 0.494 e. The minimum Gasteiger partial charge on any atom is -0.494 e. The Morgan fingerprint density at radius 1 is 1.11 bits per heavy atom. The Balaban J connectivity index is 1.93. The van der Waals surface area contributed by atoms with E-state index < -0.39 is 41.9 Å². The molecule has 242 valence electrons. The predicted octanol–water partition coefficient (Wildman–Crippen LogP) is 3.11. The van der Waals surface area contributed by atoms with Gasteiger partial charge in [-0.15, -0.1) is 0 Å². The van der Waals surface area contributed by atoms with E-state index >= 15 is 0 Å². The molecule has 3 rings (SSSR count). The quantitative estimate of drug-likeness (QED) is 0.0996. The van der Waals surface area contributed by atoms with Gasteiger partial charge in [-0.05, 0) is 82.3 Å². The number of aliphatic hydroxyl groups is 1. The number of carbonyl (C=O) groups excluding carboxylic acids is 2. The molecule has 3 aromatic rings. The van der Waals surface area contributed by atoms with Crippen LogP contribution in [0.4, 0.5) is 0 Å². The minimum atomic E-state index is -1.10. The molecule has 45 heavy (non-hydrogen) atoms. The molecule has 1 heterocycles. The number of aromatic nitrogens is 2. The molecule has 0 radical (unpaired) electrons. The molecule has 11 nitrogen and oxygen atoms in total. The summed E-state index contributed by atoms with van der Waals surface area (Å²) in [4.78, 5) is 52.8. The van der Waals surface area contributed by atoms with Crippen LogP contribution in [-0.4, -0.2) is 65.1 Å². The van der Waals surface area contributed by atoms with E-state index in [1.54, 1.807) is 69.4 Å². The van der Waals surface area contributed by atoms with E-state index in [-0.39, 0.29) is 17.0 Å². The molecule has 0 fully saturated rings. The van der Waals surface area contributed by atoms with Crippen molar-refractivity contribution in [2.75, 3.05) is 26.8 Å². The molecule has 0 saturated carbocycles. The number of hydrogen-bond donors (Lipinski definition) is 3. The normalized spacial score (nSPS) is 12.8. The van der Waals surface area contributed by atoms with Gasteiger partial charge >= 0.3 is 11.7 Å². The Labute approximate surface area is 267 Å². The van der Waals surface area contributed by atoms with Crippen molar-refractivity contribution in [3.8, 4) is 11.4 Å². The standard InChI is InChI=1S/C33H41ClN4O7/c1-6-7-9-27(34)26(20-39)30(40)36-28(32(42)45-21(2)3)18-22-10-12-23(13-11-22)38-31(41)25-19-24(44-17-8-16-35-4)14-15-29(25)37(5)33(38)43/h7,9-15,19,21,28,35,39H,6,8,16-18,20H2,1-5H3,(H,36,40)/b9-7-,27-26-. The van der Waals surface area contributed by atoms with Gasteiger partial charge in [0.15, 0.2) is 0 Å². The highest BCUT2D eigenvalue weighted by atomic mass is 35.5. The monoisotopic (exact) mass is 640 g/mol. The highest BCUT2D eigenvalue weighted by molar-refractivity contribution is 6.33. The van der Waals surface area contributed by atoms with E-state index in [1.807, 2.05) is 14.0 Å². The number of halogens is 1. The summed E-state index contributed by atoms with van der Waals surface area (Å²) in [5.41, 5.74) is 0.327. The molecule has 0 aliphatic heterocycles. The van der Waals surface area contributed by atoms with Gasteiger partial charge in [-0.1, -0.05) is 36.7 Å². The summed E-state index contributed by atoms with van der Waals surface area (Å²) in [6.45, 7) is 5.92. The fourth-order valence-electron chi connectivity index (χ4n) is 4.54. The number of ether oxygens (including phenoxy) is 2. The maximum Gasteiger partial charge on any atom is 0.335 e. The molecule has 12 heteroatoms. The van der Waals surface area contributed by atoms with Crippen LogP contribution in [0.1, 0.15) is 39.2 Å². The fourth-order valence-corrected chi connectivity index (χ4v) is 4.78. The number of hydrogen-bond acceptors (Lipinski definition) is 8. The summed E-state index contributed by atoms with van der Waals surface area (Å²) in [7, 11) is 3.45. The van der Waals surface area contributed by atoms with E-state index in [1.165, 1.54) is 10.6 Å². The average molecular weight is 641 g/mol. The summed E-state index contributed by atoms with van der Waals surface area (Å²) in [6.07, 6.45) is 4.34. The summed E-state index contributed by atoms with van der Waals surface area (Å²) in [5, 5.41) is 15.8. The second kappa shape index (κ2) is 16.8. The van der Waals surface area contributed by atoms with Gasteiger partial charge < -0.3 is 25.2 Å². The van der Waals surface area contributed by atoms with Gasteiger partial charge in [0.2, 0.25) is 0 Å². The van der Waals surface area contributed by atoms with Crippen molar-refractivity contribution < 1.29 is 24.2 Å². The van der Waals surface area contributed by atoms with E-state index in [0.29, 0.717) is 40.9 Å². The third-order valence-corrected chi connectivity index (χ3v) is 7.23. The molecular formula is C33H41ClN4O7. The number of benzene rings is 2. The fraction of sp³-hybridized carbons (Fsp3) is 0.394. The molecule has 1 unspecified atom stereocenters. The van der Waals surface area contributed by atoms with Crippen molar-refractivity contribution >= 4 is 34.4 Å². The topological polar surface area (TPSA) is 141 Å². The molecule has 3 N–H and O–H groups in total. The Kier molecular flexibility index (Phi) is 13.1. The van der Waals surface area contributed by atoms with E-state index in [9.17, 15) is 24.3 Å². The second-order valence-electron chi connectivity index (χ2n) is 10.6. The number of aliphatic hydroxyl groups excluding tert-OH is 1. The van der Waals surface area contributed by atoms with Crippen LogP contribution in [0.25, 0.3) is 16.6 Å². The third kappa shape index (κ3) is 9.16. The van der Waals surface area contributed by atoms with Gasteiger partial charge in [0.05, 0.1) is 46.5 Å². The Bertz CT molecular complexity index is 1670. The lowest BCUT2D eigenvalue weighted by molar-refractivity contribution is -0.151. The number of amides is 1. The molecule has 0 aliphatic carbocycles. The number of carbonyl (C=O) groups is 2. The molecule has 2 aromatic carbocycles. The molecule has 0 aliphatic rings. The zero-order valence-electron chi connectivity index (χ0n) is 26.3. The number of nitrogens with one attached hydrogen (secondary N) is 2. The SMILES string of the molecule is CC/C=C\C(Cl)=C(/CO)C(=O)NC(Cc1ccc(-n2c(=O)c3cc(OCCCNC)ccc3n(C)c2=O)cc1)C(=O)OC(C)C. The molecule has 0 saturated heterocycles. The summed E-state index contributed by atoms with van der Waals surface area (Å²) in [6, 6.07) is 10.5. The van der Waals surface area contributed by atoms with E-state index in [2.05, 4.69) is 10.6 Å². The van der Waals surface area contributed by atoms with Crippen LogP contribution in [0.5, 0.6) is 5.75 Å². The van der Waals surface area contributed by atoms with Crippen LogP contribution < -0.4 is 26.6 Å². The van der Waals surface area contributed by atoms with Gasteiger partial charge in [0.1, 0.15) is 11.8 Å². The van der Waals surface area contributed by atoms with Crippen molar-refractivity contribution in [2.45, 2.75) is 52.2 Å². The van der Waals surface area contributed by atoms with Crippen LogP contribution in [0.2, 0.25) is 0 Å². The number of allylic oxidation sites excluding steroid dienone is 3. The first-order valence-corrected chi connectivity index (χ1v) is 15.2. The van der Waals surface area contributed by atoms with Crippen LogP contribution in [0.3, 0.4) is 0 Å². The van der Waals surface area contributed by atoms with Gasteiger partial charge in [-0.2, -0.15) is 0 Å². The lowest BCUT2D eigenvalue weighted by atomic mass is 10.0. The first-order chi connectivity index (χ1) is 21.5. The van der Waals surface area contributed by atoms with Gasteiger partial charge in [0, 0.05) is 13.5 Å². The number of rotatable bonds is 15. The lowest BCUT2D eigenvalue weighted by Gasteiger charge is -2.20. The van der Waals surface area contributed by atoms with Crippen LogP contribution in [0.15, 0.2) is 74.8 Å². The van der Waals surface area contributed by atoms with Crippen molar-refractivity contribution in [2.24, 2.45) is 7.05 Å². The third-order valence-electron chi connectivity index (χ3n) is 6.88.